The van der Waals surface area contributed by atoms with E-state index in [1.807, 2.05) is 22.6 Å². The van der Waals surface area contributed by atoms with Gasteiger partial charge in [-0.3, -0.25) is 0 Å². The molecule has 4 heteroatoms. The zero-order chi connectivity index (χ0) is 8.43. The van der Waals surface area contributed by atoms with E-state index in [1.165, 1.54) is 6.07 Å². The second-order valence-corrected chi connectivity index (χ2v) is 4.11. The summed E-state index contributed by atoms with van der Waals surface area (Å²) < 4.78 is 14.2. The SMILES string of the molecule is Fc1ccc(CCl)c(Br)c1I. The maximum Gasteiger partial charge on any atom is 0.137 e. The van der Waals surface area contributed by atoms with Gasteiger partial charge in [0.25, 0.3) is 0 Å². The van der Waals surface area contributed by atoms with Crippen molar-refractivity contribution in [2.75, 3.05) is 0 Å². The fraction of sp³-hybridized carbons (Fsp3) is 0.143. The van der Waals surface area contributed by atoms with Crippen LogP contribution in [-0.4, -0.2) is 0 Å². The van der Waals surface area contributed by atoms with Gasteiger partial charge in [0.05, 0.1) is 3.57 Å². The molecule has 0 N–H and O–H groups in total. The summed E-state index contributed by atoms with van der Waals surface area (Å²) in [5, 5.41) is 0. The summed E-state index contributed by atoms with van der Waals surface area (Å²) in [7, 11) is 0. The number of hydrogen-bond acceptors (Lipinski definition) is 0. The van der Waals surface area contributed by atoms with Crippen LogP contribution in [0.2, 0.25) is 0 Å². The molecule has 0 aliphatic heterocycles. The molecule has 0 amide bonds. The molecule has 1 aromatic rings. The van der Waals surface area contributed by atoms with Crippen molar-refractivity contribution >= 4 is 50.1 Å². The van der Waals surface area contributed by atoms with Crippen LogP contribution in [0.25, 0.3) is 0 Å². The van der Waals surface area contributed by atoms with E-state index in [9.17, 15) is 4.39 Å². The molecule has 0 radical (unpaired) electrons. The van der Waals surface area contributed by atoms with Gasteiger partial charge < -0.3 is 0 Å². The molecule has 0 aliphatic carbocycles. The Morgan fingerprint density at radius 2 is 2.18 bits per heavy atom. The van der Waals surface area contributed by atoms with Crippen molar-refractivity contribution < 1.29 is 4.39 Å². The van der Waals surface area contributed by atoms with Gasteiger partial charge in [-0.15, -0.1) is 11.6 Å². The van der Waals surface area contributed by atoms with Gasteiger partial charge in [-0.2, -0.15) is 0 Å². The van der Waals surface area contributed by atoms with Gasteiger partial charge in [-0.1, -0.05) is 6.07 Å². The van der Waals surface area contributed by atoms with Crippen molar-refractivity contribution in [2.45, 2.75) is 5.88 Å². The molecule has 0 bridgehead atoms. The number of benzene rings is 1. The Kier molecular flexibility index (Phi) is 3.58. The van der Waals surface area contributed by atoms with Crippen molar-refractivity contribution in [3.8, 4) is 0 Å². The predicted molar refractivity (Wildman–Crippen MR) is 56.4 cm³/mol. The molecule has 1 rings (SSSR count). The van der Waals surface area contributed by atoms with Crippen LogP contribution >= 0.6 is 50.1 Å². The van der Waals surface area contributed by atoms with Crippen molar-refractivity contribution in [1.82, 2.24) is 0 Å². The summed E-state index contributed by atoms with van der Waals surface area (Å²) in [5.41, 5.74) is 0.914. The Labute approximate surface area is 91.4 Å². The molecule has 0 fully saturated rings. The van der Waals surface area contributed by atoms with Gasteiger partial charge in [0.1, 0.15) is 5.82 Å². The molecule has 0 aromatic heterocycles. The Bertz CT molecular complexity index is 277. The zero-order valence-corrected chi connectivity index (χ0v) is 9.87. The third-order valence-corrected chi connectivity index (χ3v) is 4.25. The average Bonchev–Trinajstić information content (AvgIpc) is 2.01. The summed E-state index contributed by atoms with van der Waals surface area (Å²) >= 11 is 10.8. The largest absolute Gasteiger partial charge is 0.206 e. The number of halogens is 4. The molecule has 0 nitrogen and oxygen atoms in total. The van der Waals surface area contributed by atoms with E-state index in [0.29, 0.717) is 9.45 Å². The lowest BCUT2D eigenvalue weighted by Crippen LogP contribution is -1.88. The lowest BCUT2D eigenvalue weighted by Gasteiger charge is -2.02. The van der Waals surface area contributed by atoms with Gasteiger partial charge in [-0.25, -0.2) is 4.39 Å². The third kappa shape index (κ3) is 2.06. The molecule has 0 atom stereocenters. The number of hydrogen-bond donors (Lipinski definition) is 0. The predicted octanol–water partition coefficient (Wildman–Crippen LogP) is 3.93. The van der Waals surface area contributed by atoms with Crippen LogP contribution in [0.15, 0.2) is 16.6 Å². The Balaban J connectivity index is 3.25. The molecule has 0 saturated carbocycles. The van der Waals surface area contributed by atoms with Crippen molar-refractivity contribution in [2.24, 2.45) is 0 Å². The lowest BCUT2D eigenvalue weighted by molar-refractivity contribution is 0.618. The van der Waals surface area contributed by atoms with Crippen molar-refractivity contribution in [3.63, 3.8) is 0 Å². The molecule has 0 unspecified atom stereocenters. The van der Waals surface area contributed by atoms with Crippen molar-refractivity contribution in [3.05, 3.63) is 31.6 Å². The highest BCUT2D eigenvalue weighted by molar-refractivity contribution is 14.1. The molecule has 0 spiro atoms. The minimum Gasteiger partial charge on any atom is -0.206 e. The van der Waals surface area contributed by atoms with Gasteiger partial charge in [0.2, 0.25) is 0 Å². The van der Waals surface area contributed by atoms with Gasteiger partial charge in [0.15, 0.2) is 0 Å². The van der Waals surface area contributed by atoms with E-state index in [-0.39, 0.29) is 5.82 Å². The van der Waals surface area contributed by atoms with Crippen molar-refractivity contribution in [1.29, 1.82) is 0 Å². The third-order valence-electron chi connectivity index (χ3n) is 1.26. The number of alkyl halides is 1. The van der Waals surface area contributed by atoms with E-state index in [2.05, 4.69) is 15.9 Å². The normalized spacial score (nSPS) is 10.2. The van der Waals surface area contributed by atoms with E-state index < -0.39 is 0 Å². The van der Waals surface area contributed by atoms with Crippen LogP contribution < -0.4 is 0 Å². The van der Waals surface area contributed by atoms with Crippen LogP contribution in [0.5, 0.6) is 0 Å². The molecule has 0 aliphatic rings. The summed E-state index contributed by atoms with van der Waals surface area (Å²) in [4.78, 5) is 0. The maximum atomic E-state index is 12.8. The van der Waals surface area contributed by atoms with E-state index in [1.54, 1.807) is 6.07 Å². The molecule has 0 saturated heterocycles. The first-order valence-corrected chi connectivity index (χ1v) is 5.25. The number of rotatable bonds is 1. The monoisotopic (exact) mass is 348 g/mol. The molecule has 11 heavy (non-hydrogen) atoms. The van der Waals surface area contributed by atoms with Gasteiger partial charge in [0, 0.05) is 10.4 Å². The Hall–Kier alpha value is 0.650. The van der Waals surface area contributed by atoms with Gasteiger partial charge in [-0.05, 0) is 50.2 Å². The van der Waals surface area contributed by atoms with E-state index in [4.69, 9.17) is 11.6 Å². The lowest BCUT2D eigenvalue weighted by atomic mass is 10.2. The minimum atomic E-state index is -0.216. The highest BCUT2D eigenvalue weighted by Gasteiger charge is 2.06. The van der Waals surface area contributed by atoms with Crippen LogP contribution in [0.1, 0.15) is 5.56 Å². The summed E-state index contributed by atoms with van der Waals surface area (Å²) in [6, 6.07) is 3.10. The fourth-order valence-electron chi connectivity index (χ4n) is 0.669. The molecule has 1 aromatic carbocycles. The van der Waals surface area contributed by atoms with Crippen LogP contribution in [-0.2, 0) is 5.88 Å². The highest BCUT2D eigenvalue weighted by Crippen LogP contribution is 2.26. The quantitative estimate of drug-likeness (QED) is 0.409. The molecule has 0 heterocycles. The molecular weight excluding hydrogens is 345 g/mol. The first-order valence-electron chi connectivity index (χ1n) is 2.85. The standard InChI is InChI=1S/C7H4BrClFI/c8-6-4(3-9)1-2-5(10)7(6)11/h1-2H,3H2. The minimum absolute atomic E-state index is 0.216. The smallest absolute Gasteiger partial charge is 0.137 e. The maximum absolute atomic E-state index is 12.8. The van der Waals surface area contributed by atoms with Crippen LogP contribution in [0, 0.1) is 9.39 Å². The Morgan fingerprint density at radius 1 is 1.55 bits per heavy atom. The van der Waals surface area contributed by atoms with E-state index >= 15 is 0 Å². The Morgan fingerprint density at radius 3 is 2.73 bits per heavy atom. The summed E-state index contributed by atoms with van der Waals surface area (Å²) in [5.74, 6) is 0.183. The fourth-order valence-corrected chi connectivity index (χ4v) is 2.04. The summed E-state index contributed by atoms with van der Waals surface area (Å²) in [6.07, 6.45) is 0. The molecule has 60 valence electrons. The molecular formula is C7H4BrClFI. The van der Waals surface area contributed by atoms with Crippen LogP contribution in [0.4, 0.5) is 4.39 Å². The second kappa shape index (κ2) is 4.05. The average molecular weight is 349 g/mol. The van der Waals surface area contributed by atoms with Crippen LogP contribution in [0.3, 0.4) is 0 Å². The van der Waals surface area contributed by atoms with E-state index in [0.717, 1.165) is 10.0 Å². The highest BCUT2D eigenvalue weighted by atomic mass is 127. The zero-order valence-electron chi connectivity index (χ0n) is 5.37. The first-order chi connectivity index (χ1) is 5.16. The summed E-state index contributed by atoms with van der Waals surface area (Å²) in [6.45, 7) is 0. The second-order valence-electron chi connectivity index (χ2n) is 1.97. The first kappa shape index (κ1) is 9.74. The topological polar surface area (TPSA) is 0 Å². The van der Waals surface area contributed by atoms with Gasteiger partial charge >= 0.3 is 0 Å².